The Morgan fingerprint density at radius 3 is 3.05 bits per heavy atom. The van der Waals surface area contributed by atoms with Gasteiger partial charge in [0.05, 0.1) is 6.20 Å². The molecule has 3 rings (SSSR count). The van der Waals surface area contributed by atoms with Gasteiger partial charge >= 0.3 is 0 Å². The second kappa shape index (κ2) is 6.51. The van der Waals surface area contributed by atoms with Gasteiger partial charge in [-0.2, -0.15) is 0 Å². The van der Waals surface area contributed by atoms with Gasteiger partial charge < -0.3 is 10.2 Å². The number of likely N-dealkylation sites (tertiary alicyclic amines) is 1. The number of anilines is 1. The zero-order chi connectivity index (χ0) is 15.4. The summed E-state index contributed by atoms with van der Waals surface area (Å²) >= 11 is 0. The highest BCUT2D eigenvalue weighted by Crippen LogP contribution is 2.27. The lowest BCUT2D eigenvalue weighted by Gasteiger charge is -2.32. The highest BCUT2D eigenvalue weighted by molar-refractivity contribution is 5.92. The Labute approximate surface area is 129 Å². The van der Waals surface area contributed by atoms with Crippen molar-refractivity contribution in [3.05, 3.63) is 48.2 Å². The predicted octanol–water partition coefficient (Wildman–Crippen LogP) is 1.93. The van der Waals surface area contributed by atoms with Crippen LogP contribution in [0, 0.1) is 0 Å². The first-order chi connectivity index (χ1) is 10.8. The summed E-state index contributed by atoms with van der Waals surface area (Å²) in [4.78, 5) is 27.0. The van der Waals surface area contributed by atoms with Crippen LogP contribution in [0.15, 0.2) is 36.8 Å². The average molecular weight is 297 g/mol. The van der Waals surface area contributed by atoms with E-state index in [9.17, 15) is 4.79 Å². The first-order valence-electron chi connectivity index (χ1n) is 7.48. The maximum atomic E-state index is 12.5. The van der Waals surface area contributed by atoms with E-state index in [2.05, 4.69) is 20.3 Å². The molecule has 0 radical (unpaired) electrons. The molecule has 0 aliphatic carbocycles. The fourth-order valence-corrected chi connectivity index (χ4v) is 2.79. The van der Waals surface area contributed by atoms with Crippen molar-refractivity contribution in [2.75, 3.05) is 25.5 Å². The minimum atomic E-state index is -0.0532. The molecule has 2 aromatic heterocycles. The molecule has 1 N–H and O–H groups in total. The highest BCUT2D eigenvalue weighted by Gasteiger charge is 2.27. The normalized spacial score (nSPS) is 18.0. The van der Waals surface area contributed by atoms with E-state index in [1.165, 1.54) is 6.20 Å². The largest absolute Gasteiger partial charge is 0.373 e. The number of nitrogens with one attached hydrogen (secondary N) is 1. The molecule has 114 valence electrons. The molecular weight excluding hydrogens is 278 g/mol. The third-order valence-corrected chi connectivity index (χ3v) is 3.94. The summed E-state index contributed by atoms with van der Waals surface area (Å²) in [5, 5.41) is 3.06. The van der Waals surface area contributed by atoms with E-state index in [4.69, 9.17) is 0 Å². The number of pyridine rings is 1. The molecule has 0 spiro atoms. The highest BCUT2D eigenvalue weighted by atomic mass is 16.2. The first-order valence-corrected chi connectivity index (χ1v) is 7.48. The van der Waals surface area contributed by atoms with Crippen molar-refractivity contribution in [1.29, 1.82) is 0 Å². The summed E-state index contributed by atoms with van der Waals surface area (Å²) in [6.07, 6.45) is 6.66. The summed E-state index contributed by atoms with van der Waals surface area (Å²) in [7, 11) is 1.86. The molecule has 1 unspecified atom stereocenters. The van der Waals surface area contributed by atoms with Crippen molar-refractivity contribution in [2.24, 2.45) is 0 Å². The second-order valence-electron chi connectivity index (χ2n) is 5.38. The molecule has 3 heterocycles. The van der Waals surface area contributed by atoms with Crippen LogP contribution in [-0.2, 0) is 0 Å². The van der Waals surface area contributed by atoms with E-state index >= 15 is 0 Å². The molecule has 0 aromatic carbocycles. The zero-order valence-electron chi connectivity index (χ0n) is 12.6. The molecule has 1 amide bonds. The van der Waals surface area contributed by atoms with Crippen LogP contribution in [0.25, 0.3) is 0 Å². The molecule has 1 saturated heterocycles. The van der Waals surface area contributed by atoms with Gasteiger partial charge in [-0.3, -0.25) is 9.78 Å². The Bertz CT molecular complexity index is 646. The molecule has 0 saturated carbocycles. The number of rotatable bonds is 3. The van der Waals surface area contributed by atoms with Gasteiger partial charge in [-0.15, -0.1) is 0 Å². The van der Waals surface area contributed by atoms with Crippen LogP contribution in [0.1, 0.15) is 34.9 Å². The van der Waals surface area contributed by atoms with Crippen LogP contribution >= 0.6 is 0 Å². The third kappa shape index (κ3) is 3.05. The van der Waals surface area contributed by atoms with Gasteiger partial charge in [-0.25, -0.2) is 9.97 Å². The van der Waals surface area contributed by atoms with Gasteiger partial charge in [-0.1, -0.05) is 6.07 Å². The van der Waals surface area contributed by atoms with E-state index in [0.29, 0.717) is 12.2 Å². The number of hydrogen-bond acceptors (Lipinski definition) is 5. The molecule has 0 bridgehead atoms. The molecule has 1 fully saturated rings. The molecule has 22 heavy (non-hydrogen) atoms. The molecule has 6 heteroatoms. The summed E-state index contributed by atoms with van der Waals surface area (Å²) in [6, 6.07) is 5.97. The Hall–Kier alpha value is -2.50. The maximum absolute atomic E-state index is 12.5. The summed E-state index contributed by atoms with van der Waals surface area (Å²) in [6.45, 7) is 1.44. The monoisotopic (exact) mass is 297 g/mol. The minimum absolute atomic E-state index is 0.0532. The number of amides is 1. The van der Waals surface area contributed by atoms with Crippen molar-refractivity contribution in [1.82, 2.24) is 19.9 Å². The molecule has 6 nitrogen and oxygen atoms in total. The first kappa shape index (κ1) is 14.4. The van der Waals surface area contributed by atoms with Crippen LogP contribution < -0.4 is 5.32 Å². The number of hydrogen-bond donors (Lipinski definition) is 1. The summed E-state index contributed by atoms with van der Waals surface area (Å²) in [5.74, 6) is 1.07. The van der Waals surface area contributed by atoms with E-state index in [1.54, 1.807) is 12.4 Å². The number of carbonyl (C=O) groups excluding carboxylic acids is 1. The summed E-state index contributed by atoms with van der Waals surface area (Å²) < 4.78 is 0. The molecular formula is C16H19N5O. The Kier molecular flexibility index (Phi) is 4.27. The van der Waals surface area contributed by atoms with Gasteiger partial charge in [0.2, 0.25) is 0 Å². The van der Waals surface area contributed by atoms with E-state index in [-0.39, 0.29) is 11.8 Å². The lowest BCUT2D eigenvalue weighted by atomic mass is 9.94. The topological polar surface area (TPSA) is 71.0 Å². The lowest BCUT2D eigenvalue weighted by molar-refractivity contribution is 0.0699. The zero-order valence-corrected chi connectivity index (χ0v) is 12.6. The van der Waals surface area contributed by atoms with Gasteiger partial charge in [0.15, 0.2) is 0 Å². The van der Waals surface area contributed by atoms with Crippen LogP contribution in [-0.4, -0.2) is 45.9 Å². The third-order valence-electron chi connectivity index (χ3n) is 3.94. The van der Waals surface area contributed by atoms with Crippen molar-refractivity contribution in [3.63, 3.8) is 0 Å². The average Bonchev–Trinajstić information content (AvgIpc) is 2.62. The number of aromatic nitrogens is 3. The van der Waals surface area contributed by atoms with E-state index in [1.807, 2.05) is 30.1 Å². The van der Waals surface area contributed by atoms with Crippen LogP contribution in [0.2, 0.25) is 0 Å². The second-order valence-corrected chi connectivity index (χ2v) is 5.38. The lowest BCUT2D eigenvalue weighted by Crippen LogP contribution is -2.39. The Morgan fingerprint density at radius 2 is 2.27 bits per heavy atom. The maximum Gasteiger partial charge on any atom is 0.274 e. The molecule has 1 aliphatic rings. The quantitative estimate of drug-likeness (QED) is 0.937. The number of piperidine rings is 1. The van der Waals surface area contributed by atoms with E-state index in [0.717, 1.165) is 30.9 Å². The van der Waals surface area contributed by atoms with Gasteiger partial charge in [0, 0.05) is 44.1 Å². The predicted molar refractivity (Wildman–Crippen MR) is 83.7 cm³/mol. The van der Waals surface area contributed by atoms with Crippen molar-refractivity contribution >= 4 is 11.7 Å². The Balaban J connectivity index is 1.75. The summed E-state index contributed by atoms with van der Waals surface area (Å²) in [5.41, 5.74) is 1.43. The number of nitrogens with zero attached hydrogens (tertiary/aromatic N) is 4. The van der Waals surface area contributed by atoms with Gasteiger partial charge in [0.1, 0.15) is 11.5 Å². The van der Waals surface area contributed by atoms with E-state index < -0.39 is 0 Å². The fourth-order valence-electron chi connectivity index (χ4n) is 2.79. The fraction of sp³-hybridized carbons (Fsp3) is 0.375. The standard InChI is InChI=1S/C16H19N5O/c1-17-15-6-2-5-13(20-15)12-4-3-9-21(11-12)16(22)14-10-18-7-8-19-14/h2,5-8,10,12H,3-4,9,11H2,1H3,(H,17,20). The van der Waals surface area contributed by atoms with Crippen molar-refractivity contribution < 1.29 is 4.79 Å². The molecule has 2 aromatic rings. The minimum Gasteiger partial charge on any atom is -0.373 e. The smallest absolute Gasteiger partial charge is 0.274 e. The van der Waals surface area contributed by atoms with Crippen LogP contribution in [0.4, 0.5) is 5.82 Å². The SMILES string of the molecule is CNc1cccc(C2CCCN(C(=O)c3cnccn3)C2)n1. The van der Waals surface area contributed by atoms with Crippen LogP contribution in [0.3, 0.4) is 0 Å². The van der Waals surface area contributed by atoms with Gasteiger partial charge in [0.25, 0.3) is 5.91 Å². The molecule has 1 aliphatic heterocycles. The number of carbonyl (C=O) groups is 1. The van der Waals surface area contributed by atoms with Crippen molar-refractivity contribution in [2.45, 2.75) is 18.8 Å². The van der Waals surface area contributed by atoms with Crippen LogP contribution in [0.5, 0.6) is 0 Å². The van der Waals surface area contributed by atoms with Crippen molar-refractivity contribution in [3.8, 4) is 0 Å². The Morgan fingerprint density at radius 1 is 1.36 bits per heavy atom. The van der Waals surface area contributed by atoms with Gasteiger partial charge in [-0.05, 0) is 25.0 Å². The molecule has 1 atom stereocenters.